The minimum Gasteiger partial charge on any atom is -0.456 e. The first-order valence-electron chi connectivity index (χ1n) is 20.8. The van der Waals surface area contributed by atoms with E-state index in [2.05, 4.69) is 44.8 Å². The van der Waals surface area contributed by atoms with Crippen LogP contribution in [0.2, 0.25) is 0 Å². The smallest absolute Gasteiger partial charge is 0.303 e. The summed E-state index contributed by atoms with van der Waals surface area (Å²) in [7, 11) is 0. The molecule has 2 spiro atoms. The van der Waals surface area contributed by atoms with Gasteiger partial charge in [0.05, 0.1) is 43.1 Å². The van der Waals surface area contributed by atoms with E-state index in [1.807, 2.05) is 6.92 Å². The van der Waals surface area contributed by atoms with Crippen LogP contribution in [-0.2, 0) is 28.5 Å². The van der Waals surface area contributed by atoms with Crippen molar-refractivity contribution < 1.29 is 38.7 Å². The Kier molecular flexibility index (Phi) is 8.75. The summed E-state index contributed by atoms with van der Waals surface area (Å²) in [5, 5.41) is 27.0. The van der Waals surface area contributed by atoms with E-state index in [1.165, 1.54) is 19.8 Å². The SMILES string of the molecule is CC(=O)O[C@H](C(C)(C)O)C1(C)C[C@@H](C)C2C(O1)[C@H](O)[C@@]1(C)C3CC[C@H]4C(C)(C)[C@@H](O[C@H]5CN(C6CCCNC6=O)CCO5)CC[C@@]45C[C@@]35CC[C@]21C. The quantitative estimate of drug-likeness (QED) is 0.316. The molecule has 1 amide bonds. The highest BCUT2D eigenvalue weighted by Crippen LogP contribution is 2.89. The Morgan fingerprint density at radius 1 is 1.04 bits per heavy atom. The third-order valence-corrected chi connectivity index (χ3v) is 17.5. The second kappa shape index (κ2) is 12.1. The molecule has 0 radical (unpaired) electrons. The second-order valence-corrected chi connectivity index (χ2v) is 20.8. The average Bonchev–Trinajstić information content (AvgIpc) is 3.69. The number of amides is 1. The van der Waals surface area contributed by atoms with Crippen molar-refractivity contribution in [1.82, 2.24) is 10.2 Å². The third kappa shape index (κ3) is 5.08. The van der Waals surface area contributed by atoms with Gasteiger partial charge in [0.2, 0.25) is 5.91 Å². The fourth-order valence-electron chi connectivity index (χ4n) is 15.5. The van der Waals surface area contributed by atoms with E-state index in [9.17, 15) is 19.8 Å². The topological polar surface area (TPSA) is 127 Å². The molecule has 10 nitrogen and oxygen atoms in total. The molecule has 5 unspecified atom stereocenters. The van der Waals surface area contributed by atoms with E-state index in [0.29, 0.717) is 31.4 Å². The number of piperidine rings is 1. The lowest BCUT2D eigenvalue weighted by molar-refractivity contribution is -0.258. The lowest BCUT2D eigenvalue weighted by atomic mass is 9.41. The lowest BCUT2D eigenvalue weighted by Gasteiger charge is -2.64. The van der Waals surface area contributed by atoms with Crippen LogP contribution in [0.25, 0.3) is 0 Å². The zero-order valence-corrected chi connectivity index (χ0v) is 33.5. The van der Waals surface area contributed by atoms with Gasteiger partial charge in [-0.2, -0.15) is 0 Å². The minimum atomic E-state index is -1.30. The molecule has 52 heavy (non-hydrogen) atoms. The number of esters is 1. The van der Waals surface area contributed by atoms with Gasteiger partial charge in [0.15, 0.2) is 12.4 Å². The van der Waals surface area contributed by atoms with Gasteiger partial charge in [-0.05, 0) is 130 Å². The van der Waals surface area contributed by atoms with Crippen molar-refractivity contribution in [3.63, 3.8) is 0 Å². The number of ether oxygens (including phenoxy) is 4. The molecule has 3 saturated heterocycles. The number of nitrogens with one attached hydrogen (secondary N) is 1. The van der Waals surface area contributed by atoms with E-state index < -0.39 is 29.4 Å². The van der Waals surface area contributed by atoms with Crippen molar-refractivity contribution in [2.24, 2.45) is 50.7 Å². The molecule has 15 atom stereocenters. The van der Waals surface area contributed by atoms with Crippen LogP contribution in [0.1, 0.15) is 127 Å². The molecule has 5 saturated carbocycles. The van der Waals surface area contributed by atoms with Crippen LogP contribution in [-0.4, -0.2) is 101 Å². The van der Waals surface area contributed by atoms with Crippen molar-refractivity contribution in [3.05, 3.63) is 0 Å². The summed E-state index contributed by atoms with van der Waals surface area (Å²) in [6.07, 6.45) is 8.38. The van der Waals surface area contributed by atoms with Crippen molar-refractivity contribution in [1.29, 1.82) is 0 Å². The number of aliphatic hydroxyl groups excluding tert-OH is 1. The minimum absolute atomic E-state index is 0.0211. The Morgan fingerprint density at radius 2 is 1.75 bits per heavy atom. The van der Waals surface area contributed by atoms with Gasteiger partial charge in [0.1, 0.15) is 5.60 Å². The number of nitrogens with zero attached hydrogens (tertiary/aromatic N) is 1. The Balaban J connectivity index is 1.02. The third-order valence-electron chi connectivity index (χ3n) is 17.5. The van der Waals surface area contributed by atoms with Crippen LogP contribution in [0.5, 0.6) is 0 Å². The normalized spacial score (nSPS) is 51.8. The molecule has 10 heteroatoms. The Morgan fingerprint density at radius 3 is 2.44 bits per heavy atom. The van der Waals surface area contributed by atoms with Crippen LogP contribution in [0, 0.1) is 50.7 Å². The number of carbonyl (C=O) groups excluding carboxylic acids is 2. The zero-order valence-electron chi connectivity index (χ0n) is 33.5. The number of morpholine rings is 1. The summed E-state index contributed by atoms with van der Waals surface area (Å²) in [5.41, 5.74) is -2.18. The number of hydrogen-bond donors (Lipinski definition) is 3. The van der Waals surface area contributed by atoms with Gasteiger partial charge < -0.3 is 34.5 Å². The molecule has 3 heterocycles. The monoisotopic (exact) mass is 728 g/mol. The number of hydrogen-bond acceptors (Lipinski definition) is 9. The number of fused-ring (bicyclic) bond motifs is 4. The lowest BCUT2D eigenvalue weighted by Crippen LogP contribution is -2.62. The summed E-state index contributed by atoms with van der Waals surface area (Å²) in [6, 6.07) is -0.0833. The van der Waals surface area contributed by atoms with Crippen LogP contribution in [0.3, 0.4) is 0 Å². The molecule has 8 rings (SSSR count). The fourth-order valence-corrected chi connectivity index (χ4v) is 15.5. The fraction of sp³-hybridized carbons (Fsp3) is 0.952. The standard InChI is InChI=1S/C42H68N2O8/c1-24-21-39(8,35(37(5,6)48)50-25(2)45)52-32-31(24)38(7)16-17-42-23-41(42)15-14-29(36(3,4)27(41)12-13-28(42)40(38,9)33(32)46)51-30-22-44(19-20-49-30)26-11-10-18-43-34(26)47/h24,26-33,35,46,48H,10-23H2,1-9H3,(H,43,47)/t24-,26?,27+,28?,29+,30+,31?,32?,33+,35-,38-,39?,40-,41-,42+/m1/s1. The highest BCUT2D eigenvalue weighted by atomic mass is 16.7. The second-order valence-electron chi connectivity index (χ2n) is 20.8. The summed E-state index contributed by atoms with van der Waals surface area (Å²) in [6.45, 7) is 21.5. The predicted molar refractivity (Wildman–Crippen MR) is 195 cm³/mol. The average molecular weight is 729 g/mol. The summed E-state index contributed by atoms with van der Waals surface area (Å²) < 4.78 is 26.0. The van der Waals surface area contributed by atoms with Gasteiger partial charge in [0, 0.05) is 25.4 Å². The highest BCUT2D eigenvalue weighted by Gasteiger charge is 2.85. The predicted octanol–water partition coefficient (Wildman–Crippen LogP) is 5.21. The van der Waals surface area contributed by atoms with Crippen LogP contribution in [0.4, 0.5) is 0 Å². The maximum absolute atomic E-state index is 12.7. The van der Waals surface area contributed by atoms with E-state index in [4.69, 9.17) is 18.9 Å². The van der Waals surface area contributed by atoms with E-state index in [-0.39, 0.29) is 69.4 Å². The summed E-state index contributed by atoms with van der Waals surface area (Å²) in [4.78, 5) is 27.2. The Bertz CT molecular complexity index is 1450. The maximum Gasteiger partial charge on any atom is 0.303 e. The maximum atomic E-state index is 12.7. The molecule has 0 aromatic heterocycles. The molecule has 3 N–H and O–H groups in total. The van der Waals surface area contributed by atoms with Crippen LogP contribution in [0.15, 0.2) is 0 Å². The Labute approximate surface area is 311 Å². The van der Waals surface area contributed by atoms with Crippen molar-refractivity contribution >= 4 is 11.9 Å². The van der Waals surface area contributed by atoms with Crippen LogP contribution < -0.4 is 5.32 Å². The first kappa shape index (κ1) is 37.6. The first-order chi connectivity index (χ1) is 24.3. The molecule has 5 aliphatic carbocycles. The van der Waals surface area contributed by atoms with E-state index >= 15 is 0 Å². The van der Waals surface area contributed by atoms with Gasteiger partial charge >= 0.3 is 5.97 Å². The van der Waals surface area contributed by atoms with E-state index in [0.717, 1.165) is 58.0 Å². The summed E-state index contributed by atoms with van der Waals surface area (Å²) >= 11 is 0. The zero-order chi connectivity index (χ0) is 37.4. The Hall–Kier alpha value is -1.30. The number of carbonyl (C=O) groups is 2. The van der Waals surface area contributed by atoms with Crippen molar-refractivity contribution in [3.8, 4) is 0 Å². The van der Waals surface area contributed by atoms with Gasteiger partial charge in [-0.15, -0.1) is 0 Å². The molecular weight excluding hydrogens is 660 g/mol. The van der Waals surface area contributed by atoms with Gasteiger partial charge in [-0.3, -0.25) is 14.5 Å². The molecule has 294 valence electrons. The van der Waals surface area contributed by atoms with Gasteiger partial charge in [-0.1, -0.05) is 34.6 Å². The number of rotatable bonds is 6. The van der Waals surface area contributed by atoms with E-state index in [1.54, 1.807) is 13.8 Å². The largest absolute Gasteiger partial charge is 0.456 e. The molecule has 8 aliphatic rings. The molecule has 3 aliphatic heterocycles. The molecule has 0 aromatic rings. The van der Waals surface area contributed by atoms with Crippen LogP contribution >= 0.6 is 0 Å². The van der Waals surface area contributed by atoms with Crippen molar-refractivity contribution in [2.45, 2.75) is 174 Å². The molecule has 8 fully saturated rings. The van der Waals surface area contributed by atoms with Gasteiger partial charge in [-0.25, -0.2) is 0 Å². The molecular formula is C42H68N2O8. The first-order valence-corrected chi connectivity index (χ1v) is 20.8. The van der Waals surface area contributed by atoms with Crippen molar-refractivity contribution in [2.75, 3.05) is 26.2 Å². The highest BCUT2D eigenvalue weighted by molar-refractivity contribution is 5.82. The number of aliphatic hydroxyl groups is 2. The molecule has 0 bridgehead atoms. The molecule has 0 aromatic carbocycles. The summed E-state index contributed by atoms with van der Waals surface area (Å²) in [5.74, 6) is 1.06. The van der Waals surface area contributed by atoms with Gasteiger partial charge in [0.25, 0.3) is 0 Å².